The molecule has 1 aromatic rings. The first-order chi connectivity index (χ1) is 8.33. The number of hydrogen-bond acceptors (Lipinski definition) is 2. The molecule has 96 valence electrons. The molecule has 1 heterocycles. The third-order valence-corrected chi connectivity index (χ3v) is 3.13. The van der Waals surface area contributed by atoms with Gasteiger partial charge in [0.1, 0.15) is 0 Å². The van der Waals surface area contributed by atoms with Gasteiger partial charge in [0.05, 0.1) is 0 Å². The molecule has 17 heavy (non-hydrogen) atoms. The van der Waals surface area contributed by atoms with E-state index in [1.807, 2.05) is 18.3 Å². The molecule has 0 saturated carbocycles. The van der Waals surface area contributed by atoms with Crippen LogP contribution in [0.5, 0.6) is 0 Å². The number of nitrogens with zero attached hydrogens (tertiary/aromatic N) is 1. The van der Waals surface area contributed by atoms with Crippen molar-refractivity contribution in [2.24, 2.45) is 5.73 Å². The van der Waals surface area contributed by atoms with E-state index in [1.165, 1.54) is 38.5 Å². The van der Waals surface area contributed by atoms with Crippen LogP contribution in [-0.2, 0) is 6.42 Å². The lowest BCUT2D eigenvalue weighted by Gasteiger charge is -2.10. The standard InChI is InChI=1S/C15H26N2/c1-2-3-4-5-6-7-10-14(16)13-15-11-8-9-12-17-15/h8-9,11-12,14H,2-7,10,13,16H2,1H3. The Morgan fingerprint density at radius 2 is 1.88 bits per heavy atom. The van der Waals surface area contributed by atoms with Crippen molar-refractivity contribution >= 4 is 0 Å². The predicted octanol–water partition coefficient (Wildman–Crippen LogP) is 3.70. The van der Waals surface area contributed by atoms with E-state index in [9.17, 15) is 0 Å². The Kier molecular flexibility index (Phi) is 7.65. The summed E-state index contributed by atoms with van der Waals surface area (Å²) >= 11 is 0. The predicted molar refractivity (Wildman–Crippen MR) is 73.9 cm³/mol. The van der Waals surface area contributed by atoms with Crippen molar-refractivity contribution in [2.75, 3.05) is 0 Å². The van der Waals surface area contributed by atoms with E-state index in [2.05, 4.69) is 18.0 Å². The summed E-state index contributed by atoms with van der Waals surface area (Å²) in [5.41, 5.74) is 7.22. The molecule has 2 N–H and O–H groups in total. The average molecular weight is 234 g/mol. The van der Waals surface area contributed by atoms with Gasteiger partial charge in [0.15, 0.2) is 0 Å². The van der Waals surface area contributed by atoms with Crippen LogP contribution in [0.15, 0.2) is 24.4 Å². The third-order valence-electron chi connectivity index (χ3n) is 3.13. The molecule has 0 aliphatic carbocycles. The monoisotopic (exact) mass is 234 g/mol. The molecule has 0 radical (unpaired) electrons. The first-order valence-corrected chi connectivity index (χ1v) is 6.98. The maximum Gasteiger partial charge on any atom is 0.0419 e. The smallest absolute Gasteiger partial charge is 0.0419 e. The molecule has 1 atom stereocenters. The van der Waals surface area contributed by atoms with Gasteiger partial charge in [-0.2, -0.15) is 0 Å². The van der Waals surface area contributed by atoms with Crippen LogP contribution < -0.4 is 5.73 Å². The summed E-state index contributed by atoms with van der Waals surface area (Å²) in [5.74, 6) is 0. The first-order valence-electron chi connectivity index (χ1n) is 6.98. The fourth-order valence-electron chi connectivity index (χ4n) is 2.08. The second kappa shape index (κ2) is 9.17. The third kappa shape index (κ3) is 7.11. The lowest BCUT2D eigenvalue weighted by Crippen LogP contribution is -2.23. The van der Waals surface area contributed by atoms with Crippen LogP contribution >= 0.6 is 0 Å². The van der Waals surface area contributed by atoms with E-state index >= 15 is 0 Å². The van der Waals surface area contributed by atoms with Crippen LogP contribution in [0.1, 0.15) is 57.6 Å². The van der Waals surface area contributed by atoms with Gasteiger partial charge in [-0.15, -0.1) is 0 Å². The number of hydrogen-bond donors (Lipinski definition) is 1. The summed E-state index contributed by atoms with van der Waals surface area (Å²) in [6.07, 6.45) is 11.9. The topological polar surface area (TPSA) is 38.9 Å². The zero-order valence-electron chi connectivity index (χ0n) is 11.1. The van der Waals surface area contributed by atoms with Crippen LogP contribution in [0, 0.1) is 0 Å². The molecular weight excluding hydrogens is 208 g/mol. The van der Waals surface area contributed by atoms with Gasteiger partial charge in [0.2, 0.25) is 0 Å². The zero-order chi connectivity index (χ0) is 12.3. The molecular formula is C15H26N2. The Balaban J connectivity index is 2.03. The molecule has 0 bridgehead atoms. The summed E-state index contributed by atoms with van der Waals surface area (Å²) in [5, 5.41) is 0. The highest BCUT2D eigenvalue weighted by Gasteiger charge is 2.04. The maximum absolute atomic E-state index is 6.11. The molecule has 0 aromatic carbocycles. The van der Waals surface area contributed by atoms with Gasteiger partial charge in [0.25, 0.3) is 0 Å². The lowest BCUT2D eigenvalue weighted by molar-refractivity contribution is 0.529. The molecule has 2 heteroatoms. The van der Waals surface area contributed by atoms with Gasteiger partial charge in [0, 0.05) is 24.4 Å². The average Bonchev–Trinajstić information content (AvgIpc) is 2.35. The minimum atomic E-state index is 0.274. The molecule has 0 saturated heterocycles. The molecule has 2 nitrogen and oxygen atoms in total. The molecule has 0 aliphatic heterocycles. The number of pyridine rings is 1. The highest BCUT2D eigenvalue weighted by atomic mass is 14.7. The number of rotatable bonds is 9. The molecule has 1 rings (SSSR count). The second-order valence-corrected chi connectivity index (χ2v) is 4.84. The first kappa shape index (κ1) is 14.2. The highest BCUT2D eigenvalue weighted by Crippen LogP contribution is 2.09. The summed E-state index contributed by atoms with van der Waals surface area (Å²) in [4.78, 5) is 4.31. The number of nitrogens with two attached hydrogens (primary N) is 1. The van der Waals surface area contributed by atoms with Gasteiger partial charge in [-0.25, -0.2) is 0 Å². The van der Waals surface area contributed by atoms with Crippen molar-refractivity contribution in [2.45, 2.75) is 64.3 Å². The van der Waals surface area contributed by atoms with Crippen molar-refractivity contribution in [1.82, 2.24) is 4.98 Å². The van der Waals surface area contributed by atoms with Gasteiger partial charge in [-0.3, -0.25) is 4.98 Å². The molecule has 1 aromatic heterocycles. The molecule has 0 amide bonds. The molecule has 1 unspecified atom stereocenters. The molecule has 0 aliphatic rings. The van der Waals surface area contributed by atoms with Crippen LogP contribution in [0.4, 0.5) is 0 Å². The van der Waals surface area contributed by atoms with E-state index in [0.717, 1.165) is 18.5 Å². The van der Waals surface area contributed by atoms with E-state index in [0.29, 0.717) is 0 Å². The second-order valence-electron chi connectivity index (χ2n) is 4.84. The summed E-state index contributed by atoms with van der Waals surface area (Å²) in [7, 11) is 0. The normalized spacial score (nSPS) is 12.6. The Bertz CT molecular complexity index is 272. The fourth-order valence-corrected chi connectivity index (χ4v) is 2.08. The van der Waals surface area contributed by atoms with Crippen LogP contribution in [0.25, 0.3) is 0 Å². The van der Waals surface area contributed by atoms with Crippen LogP contribution in [-0.4, -0.2) is 11.0 Å². The van der Waals surface area contributed by atoms with Crippen molar-refractivity contribution < 1.29 is 0 Å². The summed E-state index contributed by atoms with van der Waals surface area (Å²) in [6, 6.07) is 6.31. The quantitative estimate of drug-likeness (QED) is 0.662. The van der Waals surface area contributed by atoms with Gasteiger partial charge >= 0.3 is 0 Å². The van der Waals surface area contributed by atoms with Crippen LogP contribution in [0.2, 0.25) is 0 Å². The van der Waals surface area contributed by atoms with Crippen LogP contribution in [0.3, 0.4) is 0 Å². The SMILES string of the molecule is CCCCCCCCC(N)Cc1ccccn1. The minimum absolute atomic E-state index is 0.274. The largest absolute Gasteiger partial charge is 0.327 e. The maximum atomic E-state index is 6.11. The van der Waals surface area contributed by atoms with E-state index in [4.69, 9.17) is 5.73 Å². The summed E-state index contributed by atoms with van der Waals surface area (Å²) < 4.78 is 0. The Morgan fingerprint density at radius 1 is 1.12 bits per heavy atom. The molecule has 0 fully saturated rings. The van der Waals surface area contributed by atoms with Gasteiger partial charge < -0.3 is 5.73 Å². The van der Waals surface area contributed by atoms with Gasteiger partial charge in [-0.1, -0.05) is 51.5 Å². The number of unbranched alkanes of at least 4 members (excludes halogenated alkanes) is 5. The zero-order valence-corrected chi connectivity index (χ0v) is 11.1. The Morgan fingerprint density at radius 3 is 2.59 bits per heavy atom. The van der Waals surface area contributed by atoms with E-state index in [-0.39, 0.29) is 6.04 Å². The van der Waals surface area contributed by atoms with Crippen molar-refractivity contribution in [3.05, 3.63) is 30.1 Å². The van der Waals surface area contributed by atoms with Gasteiger partial charge in [-0.05, 0) is 18.6 Å². The number of aromatic nitrogens is 1. The van der Waals surface area contributed by atoms with E-state index < -0.39 is 0 Å². The summed E-state index contributed by atoms with van der Waals surface area (Å²) in [6.45, 7) is 2.25. The van der Waals surface area contributed by atoms with Crippen molar-refractivity contribution in [3.63, 3.8) is 0 Å². The molecule has 0 spiro atoms. The van der Waals surface area contributed by atoms with Crippen molar-refractivity contribution in [1.29, 1.82) is 0 Å². The Hall–Kier alpha value is -0.890. The highest BCUT2D eigenvalue weighted by molar-refractivity contribution is 5.04. The van der Waals surface area contributed by atoms with E-state index in [1.54, 1.807) is 0 Å². The Labute approximate surface area is 106 Å². The van der Waals surface area contributed by atoms with Crippen molar-refractivity contribution in [3.8, 4) is 0 Å². The minimum Gasteiger partial charge on any atom is -0.327 e. The fraction of sp³-hybridized carbons (Fsp3) is 0.667. The lowest BCUT2D eigenvalue weighted by atomic mass is 10.0.